The molecule has 0 fully saturated rings. The molecule has 146 valence electrons. The summed E-state index contributed by atoms with van der Waals surface area (Å²) in [6.45, 7) is 6.08. The van der Waals surface area contributed by atoms with E-state index in [1.54, 1.807) is 42.7 Å². The predicted molar refractivity (Wildman–Crippen MR) is 109 cm³/mol. The molecule has 3 aromatic rings. The van der Waals surface area contributed by atoms with Crippen LogP contribution >= 0.6 is 11.3 Å². The highest BCUT2D eigenvalue weighted by Gasteiger charge is 2.17. The van der Waals surface area contributed by atoms with Crippen LogP contribution in [0.4, 0.5) is 0 Å². The minimum Gasteiger partial charge on any atom is -0.481 e. The number of rotatable bonds is 6. The van der Waals surface area contributed by atoms with Crippen molar-refractivity contribution in [3.05, 3.63) is 67.7 Å². The minimum absolute atomic E-state index is 0.123. The van der Waals surface area contributed by atoms with Crippen LogP contribution in [0.25, 0.3) is 5.69 Å². The van der Waals surface area contributed by atoms with Crippen LogP contribution in [-0.2, 0) is 13.0 Å². The third kappa shape index (κ3) is 3.96. The van der Waals surface area contributed by atoms with E-state index in [0.29, 0.717) is 23.7 Å². The van der Waals surface area contributed by atoms with Crippen molar-refractivity contribution in [3.63, 3.8) is 0 Å². The number of carbonyl (C=O) groups excluding carboxylic acids is 1. The summed E-state index contributed by atoms with van der Waals surface area (Å²) in [4.78, 5) is 35.3. The number of nitrogens with zero attached hydrogens (tertiary/aromatic N) is 3. The second-order valence-electron chi connectivity index (χ2n) is 6.25. The van der Waals surface area contributed by atoms with Gasteiger partial charge in [0.05, 0.1) is 36.2 Å². The smallest absolute Gasteiger partial charge is 0.268 e. The van der Waals surface area contributed by atoms with Crippen molar-refractivity contribution < 1.29 is 9.53 Å². The van der Waals surface area contributed by atoms with Gasteiger partial charge < -0.3 is 10.1 Å². The number of thiazole rings is 1. The molecule has 0 aliphatic rings. The van der Waals surface area contributed by atoms with Crippen molar-refractivity contribution in [1.29, 1.82) is 0 Å². The fourth-order valence-electron chi connectivity index (χ4n) is 2.92. The summed E-state index contributed by atoms with van der Waals surface area (Å²) in [7, 11) is 1.52. The van der Waals surface area contributed by atoms with Crippen LogP contribution < -0.4 is 15.6 Å². The first-order valence-electron chi connectivity index (χ1n) is 8.90. The molecule has 0 aromatic carbocycles. The highest BCUT2D eigenvalue weighted by Crippen LogP contribution is 2.18. The number of methoxy groups -OCH3 is 1. The zero-order chi connectivity index (χ0) is 20.3. The maximum absolute atomic E-state index is 13.0. The lowest BCUT2D eigenvalue weighted by molar-refractivity contribution is 0.0948. The number of aryl methyl sites for hydroxylation is 3. The Morgan fingerprint density at radius 1 is 1.29 bits per heavy atom. The van der Waals surface area contributed by atoms with Gasteiger partial charge in [-0.1, -0.05) is 6.92 Å². The van der Waals surface area contributed by atoms with Gasteiger partial charge in [-0.15, -0.1) is 11.3 Å². The summed E-state index contributed by atoms with van der Waals surface area (Å²) in [5.41, 5.74) is 1.90. The molecule has 0 aliphatic heterocycles. The standard InChI is InChI=1S/C20H22N4O3S/c1-5-15-16(28-13(3)23-15)11-22-19(25)18-12(2)8-9-24(20(18)26)14-6-7-17(27-4)21-10-14/h6-10H,5,11H2,1-4H3,(H,22,25). The summed E-state index contributed by atoms with van der Waals surface area (Å²) in [5, 5.41) is 3.83. The molecule has 0 saturated carbocycles. The molecule has 1 N–H and O–H groups in total. The Kier molecular flexibility index (Phi) is 5.89. The van der Waals surface area contributed by atoms with Crippen LogP contribution in [0.1, 0.15) is 38.4 Å². The van der Waals surface area contributed by atoms with Crippen LogP contribution in [0, 0.1) is 13.8 Å². The number of pyridine rings is 2. The van der Waals surface area contributed by atoms with E-state index in [2.05, 4.69) is 15.3 Å². The number of ether oxygens (including phenoxy) is 1. The minimum atomic E-state index is -0.397. The monoisotopic (exact) mass is 398 g/mol. The Morgan fingerprint density at radius 2 is 2.07 bits per heavy atom. The molecule has 8 heteroatoms. The third-order valence-electron chi connectivity index (χ3n) is 4.37. The number of carbonyl (C=O) groups is 1. The Morgan fingerprint density at radius 3 is 2.71 bits per heavy atom. The molecule has 3 aromatic heterocycles. The Labute approximate surface area is 167 Å². The van der Waals surface area contributed by atoms with Crippen LogP contribution in [-0.4, -0.2) is 27.6 Å². The van der Waals surface area contributed by atoms with Gasteiger partial charge in [-0.05, 0) is 38.0 Å². The number of hydrogen-bond acceptors (Lipinski definition) is 6. The Balaban J connectivity index is 1.88. The third-order valence-corrected chi connectivity index (χ3v) is 5.38. The van der Waals surface area contributed by atoms with Crippen molar-refractivity contribution in [2.45, 2.75) is 33.7 Å². The van der Waals surface area contributed by atoms with Crippen LogP contribution in [0.2, 0.25) is 0 Å². The van der Waals surface area contributed by atoms with E-state index in [9.17, 15) is 9.59 Å². The maximum atomic E-state index is 13.0. The fourth-order valence-corrected chi connectivity index (χ4v) is 3.88. The molecule has 0 unspecified atom stereocenters. The summed E-state index contributed by atoms with van der Waals surface area (Å²) in [5.74, 6) is 0.0554. The van der Waals surface area contributed by atoms with E-state index in [-0.39, 0.29) is 11.1 Å². The highest BCUT2D eigenvalue weighted by atomic mass is 32.1. The van der Waals surface area contributed by atoms with Crippen molar-refractivity contribution in [2.24, 2.45) is 0 Å². The molecule has 28 heavy (non-hydrogen) atoms. The van der Waals surface area contributed by atoms with Gasteiger partial charge in [0, 0.05) is 17.1 Å². The average Bonchev–Trinajstić information content (AvgIpc) is 3.06. The molecule has 0 radical (unpaired) electrons. The molecule has 0 atom stereocenters. The van der Waals surface area contributed by atoms with E-state index >= 15 is 0 Å². The van der Waals surface area contributed by atoms with Gasteiger partial charge in [0.1, 0.15) is 5.56 Å². The summed E-state index contributed by atoms with van der Waals surface area (Å²) < 4.78 is 6.45. The molecule has 0 aliphatic carbocycles. The summed E-state index contributed by atoms with van der Waals surface area (Å²) >= 11 is 1.56. The molecule has 0 spiro atoms. The van der Waals surface area contributed by atoms with Crippen molar-refractivity contribution in [3.8, 4) is 11.6 Å². The zero-order valence-corrected chi connectivity index (χ0v) is 17.1. The van der Waals surface area contributed by atoms with Gasteiger partial charge in [-0.3, -0.25) is 14.2 Å². The SMILES string of the molecule is CCc1nc(C)sc1CNC(=O)c1c(C)ccn(-c2ccc(OC)nc2)c1=O. The first-order valence-corrected chi connectivity index (χ1v) is 9.72. The fraction of sp³-hybridized carbons (Fsp3) is 0.300. The normalized spacial score (nSPS) is 10.7. The number of amides is 1. The second kappa shape index (κ2) is 8.35. The maximum Gasteiger partial charge on any atom is 0.268 e. The molecular weight excluding hydrogens is 376 g/mol. The molecule has 7 nitrogen and oxygen atoms in total. The van der Waals surface area contributed by atoms with Crippen LogP contribution in [0.15, 0.2) is 35.4 Å². The second-order valence-corrected chi connectivity index (χ2v) is 7.53. The van der Waals surface area contributed by atoms with E-state index in [1.165, 1.54) is 17.9 Å². The van der Waals surface area contributed by atoms with Gasteiger partial charge >= 0.3 is 0 Å². The first kappa shape index (κ1) is 19.8. The van der Waals surface area contributed by atoms with Crippen molar-refractivity contribution >= 4 is 17.2 Å². The van der Waals surface area contributed by atoms with E-state index in [0.717, 1.165) is 22.0 Å². The largest absolute Gasteiger partial charge is 0.481 e. The van der Waals surface area contributed by atoms with E-state index < -0.39 is 5.91 Å². The van der Waals surface area contributed by atoms with Crippen molar-refractivity contribution in [2.75, 3.05) is 7.11 Å². The van der Waals surface area contributed by atoms with Gasteiger partial charge in [-0.2, -0.15) is 0 Å². The molecule has 3 rings (SSSR count). The number of hydrogen-bond donors (Lipinski definition) is 1. The van der Waals surface area contributed by atoms with Crippen LogP contribution in [0.3, 0.4) is 0 Å². The summed E-state index contributed by atoms with van der Waals surface area (Å²) in [6.07, 6.45) is 3.97. The van der Waals surface area contributed by atoms with Gasteiger partial charge in [0.15, 0.2) is 0 Å². The van der Waals surface area contributed by atoms with Gasteiger partial charge in [0.25, 0.3) is 11.5 Å². The number of nitrogens with one attached hydrogen (secondary N) is 1. The predicted octanol–water partition coefficient (Wildman–Crippen LogP) is 2.81. The molecule has 0 bridgehead atoms. The average molecular weight is 398 g/mol. The lowest BCUT2D eigenvalue weighted by Crippen LogP contribution is -2.33. The quantitative estimate of drug-likeness (QED) is 0.690. The topological polar surface area (TPSA) is 86.1 Å². The van der Waals surface area contributed by atoms with Crippen molar-refractivity contribution in [1.82, 2.24) is 19.9 Å². The van der Waals surface area contributed by atoms with E-state index in [1.807, 2.05) is 13.8 Å². The number of aromatic nitrogens is 3. The van der Waals surface area contributed by atoms with Crippen LogP contribution in [0.5, 0.6) is 5.88 Å². The summed E-state index contributed by atoms with van der Waals surface area (Å²) in [6, 6.07) is 5.13. The van der Waals surface area contributed by atoms with E-state index in [4.69, 9.17) is 4.74 Å². The zero-order valence-electron chi connectivity index (χ0n) is 16.3. The lowest BCUT2D eigenvalue weighted by Gasteiger charge is -2.11. The molecular formula is C20H22N4O3S. The molecule has 3 heterocycles. The lowest BCUT2D eigenvalue weighted by atomic mass is 10.1. The first-order chi connectivity index (χ1) is 13.4. The molecule has 1 amide bonds. The van der Waals surface area contributed by atoms with Gasteiger partial charge in [0.2, 0.25) is 5.88 Å². The highest BCUT2D eigenvalue weighted by molar-refractivity contribution is 7.11. The Bertz CT molecular complexity index is 1050. The van der Waals surface area contributed by atoms with Gasteiger partial charge in [-0.25, -0.2) is 9.97 Å². The Hall–Kier alpha value is -3.00. The molecule has 0 saturated heterocycles.